The summed E-state index contributed by atoms with van der Waals surface area (Å²) in [6, 6.07) is 11.9. The summed E-state index contributed by atoms with van der Waals surface area (Å²) in [7, 11) is 0. The zero-order chi connectivity index (χ0) is 15.5. The second-order valence-electron chi connectivity index (χ2n) is 4.31. The predicted molar refractivity (Wildman–Crippen MR) is 74.9 cm³/mol. The molecule has 0 bridgehead atoms. The molecule has 0 aliphatic heterocycles. The molecular formula is C15H10ClF3N2. The standard InChI is InChI=1S/C15H10ClF3N2/c16-14-7-12(6-5-10(14)8-20)21-9-11-3-1-2-4-13(11)15(17,18)19/h1-7,21H,9H2. The van der Waals surface area contributed by atoms with Gasteiger partial charge in [0.15, 0.2) is 0 Å². The van der Waals surface area contributed by atoms with Gasteiger partial charge in [-0.1, -0.05) is 29.8 Å². The fraction of sp³-hybridized carbons (Fsp3) is 0.133. The minimum Gasteiger partial charge on any atom is -0.381 e. The molecule has 0 heterocycles. The fourth-order valence-corrected chi connectivity index (χ4v) is 2.09. The molecule has 0 saturated heterocycles. The van der Waals surface area contributed by atoms with Gasteiger partial charge in [-0.3, -0.25) is 0 Å². The summed E-state index contributed by atoms with van der Waals surface area (Å²) in [6.07, 6.45) is -4.39. The van der Waals surface area contributed by atoms with Gasteiger partial charge in [0, 0.05) is 12.2 Å². The minimum absolute atomic E-state index is 0.0118. The molecule has 0 radical (unpaired) electrons. The van der Waals surface area contributed by atoms with Crippen LogP contribution in [0.25, 0.3) is 0 Å². The van der Waals surface area contributed by atoms with Gasteiger partial charge >= 0.3 is 6.18 Å². The second kappa shape index (κ2) is 6.06. The van der Waals surface area contributed by atoms with Gasteiger partial charge in [0.05, 0.1) is 16.1 Å². The highest BCUT2D eigenvalue weighted by Crippen LogP contribution is 2.32. The first-order valence-corrected chi connectivity index (χ1v) is 6.38. The molecule has 6 heteroatoms. The third-order valence-corrected chi connectivity index (χ3v) is 3.21. The van der Waals surface area contributed by atoms with Crippen LogP contribution in [0.3, 0.4) is 0 Å². The van der Waals surface area contributed by atoms with Crippen molar-refractivity contribution in [1.29, 1.82) is 5.26 Å². The van der Waals surface area contributed by atoms with Crippen molar-refractivity contribution < 1.29 is 13.2 Å². The van der Waals surface area contributed by atoms with Crippen LogP contribution in [0, 0.1) is 11.3 Å². The Bertz CT molecular complexity index is 690. The summed E-state index contributed by atoms with van der Waals surface area (Å²) in [5.74, 6) is 0. The van der Waals surface area contributed by atoms with Crippen LogP contribution in [-0.2, 0) is 12.7 Å². The van der Waals surface area contributed by atoms with Crippen molar-refractivity contribution in [2.45, 2.75) is 12.7 Å². The summed E-state index contributed by atoms with van der Waals surface area (Å²) in [5, 5.41) is 11.9. The van der Waals surface area contributed by atoms with E-state index >= 15 is 0 Å². The Morgan fingerprint density at radius 2 is 1.86 bits per heavy atom. The molecule has 0 aliphatic carbocycles. The van der Waals surface area contributed by atoms with Gasteiger partial charge in [-0.05, 0) is 29.8 Å². The highest BCUT2D eigenvalue weighted by Gasteiger charge is 2.32. The number of halogens is 4. The number of anilines is 1. The van der Waals surface area contributed by atoms with E-state index in [0.29, 0.717) is 11.3 Å². The first-order valence-electron chi connectivity index (χ1n) is 6.00. The van der Waals surface area contributed by atoms with Crippen molar-refractivity contribution in [2.24, 2.45) is 0 Å². The van der Waals surface area contributed by atoms with Crippen LogP contribution in [0.5, 0.6) is 0 Å². The van der Waals surface area contributed by atoms with Crippen LogP contribution in [-0.4, -0.2) is 0 Å². The summed E-state index contributed by atoms with van der Waals surface area (Å²) < 4.78 is 38.6. The Morgan fingerprint density at radius 1 is 1.14 bits per heavy atom. The second-order valence-corrected chi connectivity index (χ2v) is 4.72. The number of nitrogens with one attached hydrogen (secondary N) is 1. The monoisotopic (exact) mass is 310 g/mol. The fourth-order valence-electron chi connectivity index (χ4n) is 1.86. The van der Waals surface area contributed by atoms with E-state index in [-0.39, 0.29) is 17.1 Å². The van der Waals surface area contributed by atoms with E-state index in [2.05, 4.69) is 5.32 Å². The molecule has 1 N–H and O–H groups in total. The quantitative estimate of drug-likeness (QED) is 0.880. The van der Waals surface area contributed by atoms with E-state index < -0.39 is 11.7 Å². The van der Waals surface area contributed by atoms with Gasteiger partial charge in [0.2, 0.25) is 0 Å². The summed E-state index contributed by atoms with van der Waals surface area (Å²) in [4.78, 5) is 0. The molecule has 2 aromatic carbocycles. The van der Waals surface area contributed by atoms with Crippen molar-refractivity contribution in [2.75, 3.05) is 5.32 Å². The number of nitriles is 1. The maximum Gasteiger partial charge on any atom is 0.416 e. The third-order valence-electron chi connectivity index (χ3n) is 2.90. The van der Waals surface area contributed by atoms with Crippen molar-refractivity contribution in [1.82, 2.24) is 0 Å². The van der Waals surface area contributed by atoms with E-state index in [1.165, 1.54) is 24.3 Å². The first kappa shape index (κ1) is 15.2. The highest BCUT2D eigenvalue weighted by atomic mass is 35.5. The number of hydrogen-bond acceptors (Lipinski definition) is 2. The predicted octanol–water partition coefficient (Wildman–Crippen LogP) is 4.84. The molecule has 0 unspecified atom stereocenters. The minimum atomic E-state index is -4.39. The lowest BCUT2D eigenvalue weighted by Gasteiger charge is -2.14. The molecule has 2 nitrogen and oxygen atoms in total. The molecule has 2 aromatic rings. The maximum atomic E-state index is 12.9. The van der Waals surface area contributed by atoms with Crippen molar-refractivity contribution in [3.63, 3.8) is 0 Å². The Hall–Kier alpha value is -2.19. The Labute approximate surface area is 124 Å². The van der Waals surface area contributed by atoms with Crippen LogP contribution >= 0.6 is 11.6 Å². The number of rotatable bonds is 3. The van der Waals surface area contributed by atoms with E-state index in [0.717, 1.165) is 6.07 Å². The first-order chi connectivity index (χ1) is 9.91. The van der Waals surface area contributed by atoms with Gasteiger partial charge in [-0.25, -0.2) is 0 Å². The molecule has 0 fully saturated rings. The zero-order valence-electron chi connectivity index (χ0n) is 10.7. The highest BCUT2D eigenvalue weighted by molar-refractivity contribution is 6.32. The number of alkyl halides is 3. The Balaban J connectivity index is 2.18. The van der Waals surface area contributed by atoms with Gasteiger partial charge in [0.1, 0.15) is 6.07 Å². The van der Waals surface area contributed by atoms with Gasteiger partial charge in [0.25, 0.3) is 0 Å². The Kier molecular flexibility index (Phi) is 4.39. The molecule has 0 aliphatic rings. The molecular weight excluding hydrogens is 301 g/mol. The van der Waals surface area contributed by atoms with E-state index in [1.807, 2.05) is 6.07 Å². The lowest BCUT2D eigenvalue weighted by Crippen LogP contribution is -2.11. The number of hydrogen-bond donors (Lipinski definition) is 1. The topological polar surface area (TPSA) is 35.8 Å². The zero-order valence-corrected chi connectivity index (χ0v) is 11.5. The lowest BCUT2D eigenvalue weighted by molar-refractivity contribution is -0.138. The van der Waals surface area contributed by atoms with Gasteiger partial charge in [-0.15, -0.1) is 0 Å². The molecule has 108 valence electrons. The largest absolute Gasteiger partial charge is 0.416 e. The smallest absolute Gasteiger partial charge is 0.381 e. The maximum absolute atomic E-state index is 12.9. The lowest BCUT2D eigenvalue weighted by atomic mass is 10.1. The molecule has 0 atom stereocenters. The van der Waals surface area contributed by atoms with Crippen molar-refractivity contribution in [3.8, 4) is 6.07 Å². The van der Waals surface area contributed by atoms with Crippen LogP contribution in [0.1, 0.15) is 16.7 Å². The molecule has 0 saturated carbocycles. The average Bonchev–Trinajstić information content (AvgIpc) is 2.44. The summed E-state index contributed by atoms with van der Waals surface area (Å²) in [5.41, 5.74) is 0.344. The van der Waals surface area contributed by atoms with Crippen LogP contribution in [0.15, 0.2) is 42.5 Å². The molecule has 21 heavy (non-hydrogen) atoms. The number of benzene rings is 2. The molecule has 0 amide bonds. The van der Waals surface area contributed by atoms with Gasteiger partial charge in [-0.2, -0.15) is 18.4 Å². The molecule has 0 aromatic heterocycles. The van der Waals surface area contributed by atoms with Crippen molar-refractivity contribution >= 4 is 17.3 Å². The van der Waals surface area contributed by atoms with E-state index in [1.54, 1.807) is 12.1 Å². The van der Waals surface area contributed by atoms with Gasteiger partial charge < -0.3 is 5.32 Å². The van der Waals surface area contributed by atoms with Crippen LogP contribution in [0.4, 0.5) is 18.9 Å². The Morgan fingerprint density at radius 3 is 2.48 bits per heavy atom. The van der Waals surface area contributed by atoms with Crippen LogP contribution in [0.2, 0.25) is 5.02 Å². The van der Waals surface area contributed by atoms with Crippen LogP contribution < -0.4 is 5.32 Å². The third kappa shape index (κ3) is 3.67. The summed E-state index contributed by atoms with van der Waals surface area (Å²) >= 11 is 5.87. The summed E-state index contributed by atoms with van der Waals surface area (Å²) in [6.45, 7) is 0.0118. The molecule has 0 spiro atoms. The number of nitrogens with zero attached hydrogens (tertiary/aromatic N) is 1. The average molecular weight is 311 g/mol. The van der Waals surface area contributed by atoms with E-state index in [9.17, 15) is 13.2 Å². The normalized spacial score (nSPS) is 11.0. The van der Waals surface area contributed by atoms with Crippen molar-refractivity contribution in [3.05, 3.63) is 64.2 Å². The molecule has 2 rings (SSSR count). The van der Waals surface area contributed by atoms with E-state index in [4.69, 9.17) is 16.9 Å². The SMILES string of the molecule is N#Cc1ccc(NCc2ccccc2C(F)(F)F)cc1Cl.